The molecule has 1 aromatic heterocycles. The lowest BCUT2D eigenvalue weighted by Gasteiger charge is -2.16. The number of ether oxygens (including phenoxy) is 1. The van der Waals surface area contributed by atoms with Crippen LogP contribution in [0.1, 0.15) is 19.1 Å². The highest BCUT2D eigenvalue weighted by molar-refractivity contribution is 7.80. The molecule has 0 saturated heterocycles. The zero-order valence-corrected chi connectivity index (χ0v) is 15.2. The minimum atomic E-state index is -0.166. The van der Waals surface area contributed by atoms with Crippen LogP contribution < -0.4 is 16.2 Å². The lowest BCUT2D eigenvalue weighted by molar-refractivity contribution is -0.121. The third kappa shape index (κ3) is 6.56. The van der Waals surface area contributed by atoms with Gasteiger partial charge in [0.05, 0.1) is 6.61 Å². The van der Waals surface area contributed by atoms with Gasteiger partial charge in [0.2, 0.25) is 5.91 Å². The van der Waals surface area contributed by atoms with Gasteiger partial charge < -0.3 is 14.5 Å². The number of thiocarbonyl (C=S) groups is 1. The van der Waals surface area contributed by atoms with Gasteiger partial charge in [-0.3, -0.25) is 15.6 Å². The molecule has 0 unspecified atom stereocenters. The first kappa shape index (κ1) is 19.0. The first-order valence-corrected chi connectivity index (χ1v) is 8.47. The zero-order chi connectivity index (χ0) is 18.1. The molecule has 0 aliphatic rings. The number of aryl methyl sites for hydroxylation is 1. The van der Waals surface area contributed by atoms with E-state index >= 15 is 0 Å². The fraction of sp³-hybridized carbons (Fsp3) is 0.333. The number of hydrogen-bond acceptors (Lipinski definition) is 4. The molecular formula is C18H23N3O3S. The van der Waals surface area contributed by atoms with Gasteiger partial charge in [-0.05, 0) is 31.3 Å². The molecule has 0 aliphatic heterocycles. The Morgan fingerprint density at radius 1 is 1.20 bits per heavy atom. The maximum Gasteiger partial charge on any atom is 0.238 e. The monoisotopic (exact) mass is 361 g/mol. The predicted octanol–water partition coefficient (Wildman–Crippen LogP) is 2.41. The summed E-state index contributed by atoms with van der Waals surface area (Å²) in [6.45, 7) is 2.46. The summed E-state index contributed by atoms with van der Waals surface area (Å²) < 4.78 is 10.8. The molecule has 134 valence electrons. The van der Waals surface area contributed by atoms with Crippen molar-refractivity contribution < 1.29 is 13.9 Å². The predicted molar refractivity (Wildman–Crippen MR) is 101 cm³/mol. The van der Waals surface area contributed by atoms with Crippen molar-refractivity contribution in [3.05, 3.63) is 48.2 Å². The van der Waals surface area contributed by atoms with Crippen LogP contribution in [-0.2, 0) is 16.0 Å². The summed E-state index contributed by atoms with van der Waals surface area (Å²) in [5, 5.41) is 3.34. The van der Waals surface area contributed by atoms with E-state index in [1.165, 1.54) is 0 Å². The molecule has 1 aromatic carbocycles. The minimum absolute atomic E-state index is 0.0569. The van der Waals surface area contributed by atoms with Crippen molar-refractivity contribution >= 4 is 23.2 Å². The Morgan fingerprint density at radius 2 is 1.96 bits per heavy atom. The molecule has 25 heavy (non-hydrogen) atoms. The number of methoxy groups -OCH3 is 1. The average Bonchev–Trinajstić information content (AvgIpc) is 3.08. The normalized spacial score (nSPS) is 11.6. The quantitative estimate of drug-likeness (QED) is 0.519. The number of furan rings is 1. The average molecular weight is 361 g/mol. The molecule has 0 bridgehead atoms. The van der Waals surface area contributed by atoms with Gasteiger partial charge in [-0.1, -0.05) is 30.3 Å². The van der Waals surface area contributed by atoms with Crippen LogP contribution in [0.4, 0.5) is 0 Å². The van der Waals surface area contributed by atoms with Gasteiger partial charge in [-0.2, -0.15) is 0 Å². The summed E-state index contributed by atoms with van der Waals surface area (Å²) in [5.41, 5.74) is 6.25. The van der Waals surface area contributed by atoms with Crippen LogP contribution in [0.2, 0.25) is 0 Å². The Morgan fingerprint density at radius 3 is 2.68 bits per heavy atom. The topological polar surface area (TPSA) is 75.5 Å². The first-order valence-electron chi connectivity index (χ1n) is 8.07. The second kappa shape index (κ2) is 9.80. The van der Waals surface area contributed by atoms with E-state index in [1.54, 1.807) is 7.11 Å². The molecule has 1 heterocycles. The summed E-state index contributed by atoms with van der Waals surface area (Å²) in [5.74, 6) is 1.40. The van der Waals surface area contributed by atoms with Gasteiger partial charge in [0.15, 0.2) is 5.11 Å². The summed E-state index contributed by atoms with van der Waals surface area (Å²) >= 11 is 5.09. The summed E-state index contributed by atoms with van der Waals surface area (Å²) in [7, 11) is 1.62. The number of nitrogens with one attached hydrogen (secondary N) is 3. The second-order valence-electron chi connectivity index (χ2n) is 5.64. The van der Waals surface area contributed by atoms with Gasteiger partial charge in [0, 0.05) is 31.6 Å². The van der Waals surface area contributed by atoms with Crippen molar-refractivity contribution in [3.8, 4) is 11.3 Å². The van der Waals surface area contributed by atoms with Crippen LogP contribution in [0, 0.1) is 0 Å². The molecule has 6 nitrogen and oxygen atoms in total. The highest BCUT2D eigenvalue weighted by Crippen LogP contribution is 2.22. The number of benzene rings is 1. The van der Waals surface area contributed by atoms with Crippen molar-refractivity contribution in [2.75, 3.05) is 13.7 Å². The number of hydrogen-bond donors (Lipinski definition) is 3. The van der Waals surface area contributed by atoms with Crippen LogP contribution in [0.5, 0.6) is 0 Å². The second-order valence-corrected chi connectivity index (χ2v) is 6.04. The molecule has 3 N–H and O–H groups in total. The molecule has 2 rings (SSSR count). The number of carbonyl (C=O) groups excluding carboxylic acids is 1. The fourth-order valence-electron chi connectivity index (χ4n) is 2.25. The Labute approximate surface area is 152 Å². The molecule has 0 radical (unpaired) electrons. The van der Waals surface area contributed by atoms with Gasteiger partial charge in [0.25, 0.3) is 0 Å². The van der Waals surface area contributed by atoms with Crippen LogP contribution in [0.3, 0.4) is 0 Å². The van der Waals surface area contributed by atoms with Crippen LogP contribution >= 0.6 is 12.2 Å². The van der Waals surface area contributed by atoms with Crippen LogP contribution in [0.25, 0.3) is 11.3 Å². The van der Waals surface area contributed by atoms with E-state index in [9.17, 15) is 4.79 Å². The lowest BCUT2D eigenvalue weighted by atomic mass is 10.2. The number of rotatable bonds is 7. The maximum atomic E-state index is 11.9. The molecule has 1 atom stereocenters. The van der Waals surface area contributed by atoms with Gasteiger partial charge in [-0.25, -0.2) is 0 Å². The molecule has 2 aromatic rings. The van der Waals surface area contributed by atoms with E-state index < -0.39 is 0 Å². The molecular weight excluding hydrogens is 338 g/mol. The highest BCUT2D eigenvalue weighted by atomic mass is 32.1. The Hall–Kier alpha value is -2.38. The Balaban J connectivity index is 1.72. The minimum Gasteiger partial charge on any atom is -0.461 e. The number of hydrazine groups is 1. The molecule has 0 spiro atoms. The number of carbonyl (C=O) groups is 1. The van der Waals surface area contributed by atoms with E-state index in [4.69, 9.17) is 21.4 Å². The van der Waals surface area contributed by atoms with Gasteiger partial charge in [-0.15, -0.1) is 0 Å². The van der Waals surface area contributed by atoms with Crippen LogP contribution in [-0.4, -0.2) is 30.8 Å². The van der Waals surface area contributed by atoms with Crippen molar-refractivity contribution in [3.63, 3.8) is 0 Å². The lowest BCUT2D eigenvalue weighted by Crippen LogP contribution is -2.50. The SMILES string of the molecule is COC[C@H](C)NC(=S)NNC(=O)CCc1ccc(-c2ccccc2)o1. The molecule has 0 saturated carbocycles. The Kier molecular flexibility index (Phi) is 7.43. The zero-order valence-electron chi connectivity index (χ0n) is 14.4. The van der Waals surface area contributed by atoms with E-state index in [-0.39, 0.29) is 11.9 Å². The van der Waals surface area contributed by atoms with Gasteiger partial charge >= 0.3 is 0 Å². The molecule has 7 heteroatoms. The summed E-state index contributed by atoms with van der Waals surface area (Å²) in [6.07, 6.45) is 0.811. The van der Waals surface area contributed by atoms with E-state index in [1.807, 2.05) is 49.4 Å². The van der Waals surface area contributed by atoms with Crippen molar-refractivity contribution in [2.24, 2.45) is 0 Å². The van der Waals surface area contributed by atoms with E-state index in [2.05, 4.69) is 16.2 Å². The largest absolute Gasteiger partial charge is 0.461 e. The third-order valence-corrected chi connectivity index (χ3v) is 3.65. The third-order valence-electron chi connectivity index (χ3n) is 3.43. The fourth-order valence-corrected chi connectivity index (χ4v) is 2.50. The van der Waals surface area contributed by atoms with E-state index in [0.29, 0.717) is 24.6 Å². The highest BCUT2D eigenvalue weighted by Gasteiger charge is 2.08. The molecule has 1 amide bonds. The van der Waals surface area contributed by atoms with Crippen LogP contribution in [0.15, 0.2) is 46.9 Å². The standard InChI is InChI=1S/C18H23N3O3S/c1-13(12-23-2)19-18(25)21-20-17(22)11-9-15-8-10-16(24-15)14-6-4-3-5-7-14/h3-8,10,13H,9,11-12H2,1-2H3,(H,20,22)(H2,19,21,25)/t13-/m0/s1. The maximum absolute atomic E-state index is 11.9. The Bertz CT molecular complexity index is 688. The summed E-state index contributed by atoms with van der Waals surface area (Å²) in [4.78, 5) is 11.9. The number of amides is 1. The van der Waals surface area contributed by atoms with E-state index in [0.717, 1.165) is 17.1 Å². The molecule has 0 fully saturated rings. The van der Waals surface area contributed by atoms with Gasteiger partial charge in [0.1, 0.15) is 11.5 Å². The smallest absolute Gasteiger partial charge is 0.238 e. The van der Waals surface area contributed by atoms with Crippen molar-refractivity contribution in [1.29, 1.82) is 0 Å². The first-order chi connectivity index (χ1) is 12.1. The molecule has 0 aliphatic carbocycles. The van der Waals surface area contributed by atoms with Crippen molar-refractivity contribution in [1.82, 2.24) is 16.2 Å². The summed E-state index contributed by atoms with van der Waals surface area (Å²) in [6, 6.07) is 13.7. The van der Waals surface area contributed by atoms with Crippen molar-refractivity contribution in [2.45, 2.75) is 25.8 Å².